The molecule has 172 valence electrons. The van der Waals surface area contributed by atoms with Crippen LogP contribution in [-0.4, -0.2) is 14.5 Å². The average Bonchev–Trinajstić information content (AvgIpc) is 3.57. The van der Waals surface area contributed by atoms with Gasteiger partial charge in [-0.05, 0) is 78.0 Å². The van der Waals surface area contributed by atoms with Crippen LogP contribution in [0.2, 0.25) is 0 Å². The van der Waals surface area contributed by atoms with E-state index in [9.17, 15) is 4.79 Å². The molecule has 0 spiro atoms. The SMILES string of the molecule is Cc1cc(C#Cc2cccs2)ccc1-n1c(C=Cc2c[nH]c3ccccc23)nc2ccccc2c1=O. The van der Waals surface area contributed by atoms with Crippen molar-refractivity contribution >= 4 is 45.3 Å². The fourth-order valence-corrected chi connectivity index (χ4v) is 4.93. The highest BCUT2D eigenvalue weighted by Gasteiger charge is 2.13. The van der Waals surface area contributed by atoms with E-state index < -0.39 is 0 Å². The predicted octanol–water partition coefficient (Wildman–Crippen LogP) is 6.81. The quantitative estimate of drug-likeness (QED) is 0.281. The molecule has 3 aromatic carbocycles. The molecule has 0 radical (unpaired) electrons. The summed E-state index contributed by atoms with van der Waals surface area (Å²) >= 11 is 1.62. The highest BCUT2D eigenvalue weighted by Crippen LogP contribution is 2.22. The molecule has 0 aliphatic heterocycles. The number of fused-ring (bicyclic) bond motifs is 2. The van der Waals surface area contributed by atoms with Crippen LogP contribution in [0.15, 0.2) is 95.2 Å². The maximum absolute atomic E-state index is 13.7. The minimum atomic E-state index is -0.0975. The zero-order valence-electron chi connectivity index (χ0n) is 19.5. The van der Waals surface area contributed by atoms with Gasteiger partial charge in [0.25, 0.3) is 5.56 Å². The molecule has 0 bridgehead atoms. The summed E-state index contributed by atoms with van der Waals surface area (Å²) in [6.07, 6.45) is 5.88. The number of hydrogen-bond donors (Lipinski definition) is 1. The zero-order valence-corrected chi connectivity index (χ0v) is 20.3. The van der Waals surface area contributed by atoms with Crippen LogP contribution in [0.3, 0.4) is 0 Å². The van der Waals surface area contributed by atoms with Crippen molar-refractivity contribution < 1.29 is 0 Å². The molecule has 3 heterocycles. The van der Waals surface area contributed by atoms with Gasteiger partial charge in [0, 0.05) is 22.7 Å². The number of thiophene rings is 1. The Morgan fingerprint density at radius 2 is 1.75 bits per heavy atom. The number of H-pyrrole nitrogens is 1. The molecule has 4 nitrogen and oxygen atoms in total. The maximum Gasteiger partial charge on any atom is 0.266 e. The van der Waals surface area contributed by atoms with Crippen LogP contribution in [0, 0.1) is 18.8 Å². The van der Waals surface area contributed by atoms with Crippen LogP contribution in [0.4, 0.5) is 0 Å². The van der Waals surface area contributed by atoms with Gasteiger partial charge in [0.05, 0.1) is 21.5 Å². The highest BCUT2D eigenvalue weighted by molar-refractivity contribution is 7.10. The van der Waals surface area contributed by atoms with Crippen LogP contribution >= 0.6 is 11.3 Å². The lowest BCUT2D eigenvalue weighted by atomic mass is 10.1. The van der Waals surface area contributed by atoms with Gasteiger partial charge in [0.2, 0.25) is 0 Å². The lowest BCUT2D eigenvalue weighted by molar-refractivity contribution is 0.934. The van der Waals surface area contributed by atoms with Gasteiger partial charge in [-0.25, -0.2) is 4.98 Å². The number of aromatic nitrogens is 3. The van der Waals surface area contributed by atoms with E-state index in [1.807, 2.05) is 103 Å². The first-order valence-electron chi connectivity index (χ1n) is 11.6. The minimum Gasteiger partial charge on any atom is -0.361 e. The van der Waals surface area contributed by atoms with Crippen LogP contribution < -0.4 is 5.56 Å². The molecule has 5 heteroatoms. The number of para-hydroxylation sites is 2. The van der Waals surface area contributed by atoms with Crippen molar-refractivity contribution in [2.24, 2.45) is 0 Å². The Labute approximate surface area is 212 Å². The van der Waals surface area contributed by atoms with Crippen molar-refractivity contribution in [1.29, 1.82) is 0 Å². The van der Waals surface area contributed by atoms with E-state index >= 15 is 0 Å². The Hall–Kier alpha value is -4.66. The van der Waals surface area contributed by atoms with Crippen LogP contribution in [0.5, 0.6) is 0 Å². The molecule has 0 fully saturated rings. The molecule has 0 saturated carbocycles. The number of benzene rings is 3. The van der Waals surface area contributed by atoms with E-state index in [1.54, 1.807) is 15.9 Å². The van der Waals surface area contributed by atoms with Gasteiger partial charge in [-0.2, -0.15) is 0 Å². The molecule has 0 aliphatic carbocycles. The monoisotopic (exact) mass is 483 g/mol. The second-order valence-corrected chi connectivity index (χ2v) is 9.43. The van der Waals surface area contributed by atoms with E-state index in [0.29, 0.717) is 16.7 Å². The Morgan fingerprint density at radius 1 is 0.917 bits per heavy atom. The van der Waals surface area contributed by atoms with Crippen molar-refractivity contribution in [2.75, 3.05) is 0 Å². The van der Waals surface area contributed by atoms with Gasteiger partial charge >= 0.3 is 0 Å². The second kappa shape index (κ2) is 9.18. The summed E-state index contributed by atoms with van der Waals surface area (Å²) in [6, 6.07) is 25.5. The molecule has 3 aromatic heterocycles. The fourth-order valence-electron chi connectivity index (χ4n) is 4.36. The molecule has 36 heavy (non-hydrogen) atoms. The first kappa shape index (κ1) is 21.8. The molecule has 0 unspecified atom stereocenters. The standard InChI is InChI=1S/C31H21N3OS/c1-21-19-22(12-15-24-7-6-18-36-24)13-16-29(21)34-30(33-28-11-5-3-9-26(28)31(34)35)17-14-23-20-32-27-10-4-2-8-25(23)27/h2-11,13-14,16-20,32H,1H3. The summed E-state index contributed by atoms with van der Waals surface area (Å²) in [7, 11) is 0. The number of aromatic amines is 1. The Morgan fingerprint density at radius 3 is 2.58 bits per heavy atom. The number of rotatable bonds is 3. The van der Waals surface area contributed by atoms with Crippen molar-refractivity contribution in [2.45, 2.75) is 6.92 Å². The third-order valence-electron chi connectivity index (χ3n) is 6.12. The molecule has 6 aromatic rings. The summed E-state index contributed by atoms with van der Waals surface area (Å²) < 4.78 is 1.69. The van der Waals surface area contributed by atoms with E-state index in [4.69, 9.17) is 4.98 Å². The first-order chi connectivity index (χ1) is 17.7. The van der Waals surface area contributed by atoms with E-state index in [0.717, 1.165) is 38.2 Å². The molecule has 0 saturated heterocycles. The van der Waals surface area contributed by atoms with Gasteiger partial charge in [-0.3, -0.25) is 9.36 Å². The van der Waals surface area contributed by atoms with Crippen molar-refractivity contribution in [3.63, 3.8) is 0 Å². The molecular weight excluding hydrogens is 462 g/mol. The largest absolute Gasteiger partial charge is 0.361 e. The van der Waals surface area contributed by atoms with Crippen molar-refractivity contribution in [3.8, 4) is 17.5 Å². The lowest BCUT2D eigenvalue weighted by Gasteiger charge is -2.14. The zero-order chi connectivity index (χ0) is 24.5. The van der Waals surface area contributed by atoms with Gasteiger partial charge in [-0.15, -0.1) is 11.3 Å². The van der Waals surface area contributed by atoms with Gasteiger partial charge in [0.15, 0.2) is 0 Å². The first-order valence-corrected chi connectivity index (χ1v) is 12.5. The normalized spacial score (nSPS) is 11.2. The molecule has 6 rings (SSSR count). The third-order valence-corrected chi connectivity index (χ3v) is 6.91. The molecule has 0 atom stereocenters. The highest BCUT2D eigenvalue weighted by atomic mass is 32.1. The average molecular weight is 484 g/mol. The third kappa shape index (κ3) is 4.04. The van der Waals surface area contributed by atoms with Gasteiger partial charge < -0.3 is 4.98 Å². The van der Waals surface area contributed by atoms with Crippen LogP contribution in [-0.2, 0) is 0 Å². The number of aryl methyl sites for hydroxylation is 1. The summed E-state index contributed by atoms with van der Waals surface area (Å²) in [5, 5.41) is 3.72. The topological polar surface area (TPSA) is 50.7 Å². The summed E-state index contributed by atoms with van der Waals surface area (Å²) in [5.74, 6) is 7.00. The number of nitrogens with one attached hydrogen (secondary N) is 1. The predicted molar refractivity (Wildman–Crippen MR) is 150 cm³/mol. The van der Waals surface area contributed by atoms with Crippen molar-refractivity contribution in [3.05, 3.63) is 128 Å². The Kier molecular flexibility index (Phi) is 5.57. The van der Waals surface area contributed by atoms with Crippen LogP contribution in [0.1, 0.15) is 27.4 Å². The molecular formula is C31H21N3OS. The summed E-state index contributed by atoms with van der Waals surface area (Å²) in [4.78, 5) is 22.9. The smallest absolute Gasteiger partial charge is 0.266 e. The van der Waals surface area contributed by atoms with E-state index in [2.05, 4.69) is 22.9 Å². The van der Waals surface area contributed by atoms with Crippen molar-refractivity contribution in [1.82, 2.24) is 14.5 Å². The molecule has 0 aliphatic rings. The number of nitrogens with zero attached hydrogens (tertiary/aromatic N) is 2. The summed E-state index contributed by atoms with van der Waals surface area (Å²) in [5.41, 5.74) is 5.33. The second-order valence-electron chi connectivity index (χ2n) is 8.48. The minimum absolute atomic E-state index is 0.0975. The summed E-state index contributed by atoms with van der Waals surface area (Å²) in [6.45, 7) is 2.00. The van der Waals surface area contributed by atoms with Gasteiger partial charge in [0.1, 0.15) is 5.82 Å². The Balaban J connectivity index is 1.49. The number of hydrogen-bond acceptors (Lipinski definition) is 3. The molecule has 0 amide bonds. The fraction of sp³-hybridized carbons (Fsp3) is 0.0323. The lowest BCUT2D eigenvalue weighted by Crippen LogP contribution is -2.23. The van der Waals surface area contributed by atoms with Gasteiger partial charge in [-0.1, -0.05) is 48.2 Å². The van der Waals surface area contributed by atoms with Crippen LogP contribution in [0.25, 0.3) is 39.6 Å². The molecule has 1 N–H and O–H groups in total. The Bertz CT molecular complexity index is 1880. The van der Waals surface area contributed by atoms with E-state index in [-0.39, 0.29) is 5.56 Å². The van der Waals surface area contributed by atoms with E-state index in [1.165, 1.54) is 0 Å². The maximum atomic E-state index is 13.7.